The summed E-state index contributed by atoms with van der Waals surface area (Å²) in [4.78, 5) is 14.1. The molecule has 3 nitrogen and oxygen atoms in total. The first kappa shape index (κ1) is 13.0. The molecule has 0 aromatic heterocycles. The van der Waals surface area contributed by atoms with Crippen molar-refractivity contribution < 1.29 is 9.53 Å². The van der Waals surface area contributed by atoms with E-state index in [2.05, 4.69) is 11.8 Å². The fraction of sp³-hybridized carbons (Fsp3) is 0.929. The van der Waals surface area contributed by atoms with Gasteiger partial charge in [0, 0.05) is 26.0 Å². The molecule has 2 fully saturated rings. The molecule has 2 rings (SSSR count). The Hall–Kier alpha value is -0.410. The van der Waals surface area contributed by atoms with E-state index in [0.717, 1.165) is 45.2 Å². The van der Waals surface area contributed by atoms with Gasteiger partial charge in [0.05, 0.1) is 5.60 Å². The number of rotatable bonds is 4. The van der Waals surface area contributed by atoms with E-state index in [1.807, 2.05) is 7.11 Å². The zero-order valence-electron chi connectivity index (χ0n) is 11.2. The SMILES string of the molecule is COC1(C)CCCN(CCC2CCCC2=O)C1. The lowest BCUT2D eigenvalue weighted by Crippen LogP contribution is -2.47. The van der Waals surface area contributed by atoms with Gasteiger partial charge in [-0.3, -0.25) is 4.79 Å². The number of hydrogen-bond acceptors (Lipinski definition) is 3. The van der Waals surface area contributed by atoms with Gasteiger partial charge in [-0.1, -0.05) is 0 Å². The van der Waals surface area contributed by atoms with Crippen LogP contribution in [0, 0.1) is 5.92 Å². The van der Waals surface area contributed by atoms with Crippen molar-refractivity contribution in [3.05, 3.63) is 0 Å². The highest BCUT2D eigenvalue weighted by Crippen LogP contribution is 2.27. The van der Waals surface area contributed by atoms with Crippen molar-refractivity contribution >= 4 is 5.78 Å². The van der Waals surface area contributed by atoms with Crippen LogP contribution in [0.4, 0.5) is 0 Å². The van der Waals surface area contributed by atoms with Crippen molar-refractivity contribution in [2.45, 2.75) is 51.0 Å². The van der Waals surface area contributed by atoms with E-state index >= 15 is 0 Å². The molecule has 2 aliphatic rings. The number of carbonyl (C=O) groups excluding carboxylic acids is 1. The van der Waals surface area contributed by atoms with Gasteiger partial charge in [0.1, 0.15) is 5.78 Å². The minimum Gasteiger partial charge on any atom is -0.377 e. The number of ether oxygens (including phenoxy) is 1. The first-order chi connectivity index (χ1) is 8.13. The van der Waals surface area contributed by atoms with Crippen LogP contribution in [0.1, 0.15) is 45.4 Å². The van der Waals surface area contributed by atoms with Crippen LogP contribution in [0.25, 0.3) is 0 Å². The molecule has 1 saturated carbocycles. The summed E-state index contributed by atoms with van der Waals surface area (Å²) in [6, 6.07) is 0. The van der Waals surface area contributed by atoms with Gasteiger partial charge in [-0.05, 0) is 52.1 Å². The standard InChI is InChI=1S/C14H25NO2/c1-14(17-2)8-4-9-15(11-14)10-7-12-5-3-6-13(12)16/h12H,3-11H2,1-2H3. The van der Waals surface area contributed by atoms with Gasteiger partial charge in [0.25, 0.3) is 0 Å². The quantitative estimate of drug-likeness (QED) is 0.753. The molecule has 0 N–H and O–H groups in total. The second kappa shape index (κ2) is 5.49. The fourth-order valence-corrected chi connectivity index (χ4v) is 3.20. The summed E-state index contributed by atoms with van der Waals surface area (Å²) in [5.41, 5.74) is 0.0257. The third-order valence-corrected chi connectivity index (χ3v) is 4.46. The Bertz CT molecular complexity index is 279. The number of piperidine rings is 1. The predicted octanol–water partition coefficient (Wildman–Crippen LogP) is 2.25. The molecule has 1 aliphatic carbocycles. The van der Waals surface area contributed by atoms with Crippen molar-refractivity contribution in [2.75, 3.05) is 26.7 Å². The summed E-state index contributed by atoms with van der Waals surface area (Å²) < 4.78 is 5.59. The van der Waals surface area contributed by atoms with E-state index in [1.54, 1.807) is 0 Å². The summed E-state index contributed by atoms with van der Waals surface area (Å²) in [7, 11) is 1.81. The number of nitrogens with zero attached hydrogens (tertiary/aromatic N) is 1. The van der Waals surface area contributed by atoms with Crippen molar-refractivity contribution in [3.8, 4) is 0 Å². The van der Waals surface area contributed by atoms with E-state index in [1.165, 1.54) is 13.0 Å². The van der Waals surface area contributed by atoms with E-state index in [9.17, 15) is 4.79 Å². The second-order valence-corrected chi connectivity index (χ2v) is 5.88. The Morgan fingerprint density at radius 1 is 1.47 bits per heavy atom. The van der Waals surface area contributed by atoms with Gasteiger partial charge in [-0.15, -0.1) is 0 Å². The van der Waals surface area contributed by atoms with Crippen LogP contribution < -0.4 is 0 Å². The summed E-state index contributed by atoms with van der Waals surface area (Å²) >= 11 is 0. The molecule has 0 spiro atoms. The van der Waals surface area contributed by atoms with Gasteiger partial charge in [0.2, 0.25) is 0 Å². The molecule has 2 atom stereocenters. The lowest BCUT2D eigenvalue weighted by atomic mass is 9.94. The van der Waals surface area contributed by atoms with E-state index in [0.29, 0.717) is 11.7 Å². The molecule has 2 unspecified atom stereocenters. The van der Waals surface area contributed by atoms with Gasteiger partial charge >= 0.3 is 0 Å². The zero-order chi connectivity index (χ0) is 12.3. The van der Waals surface area contributed by atoms with Crippen LogP contribution in [-0.4, -0.2) is 43.0 Å². The minimum atomic E-state index is 0.0257. The topological polar surface area (TPSA) is 29.5 Å². The van der Waals surface area contributed by atoms with Crippen LogP contribution in [0.15, 0.2) is 0 Å². The molecule has 3 heteroatoms. The molecule has 0 bridgehead atoms. The van der Waals surface area contributed by atoms with E-state index in [-0.39, 0.29) is 5.60 Å². The molecular weight excluding hydrogens is 214 g/mol. The third kappa shape index (κ3) is 3.29. The molecule has 17 heavy (non-hydrogen) atoms. The number of likely N-dealkylation sites (tertiary alicyclic amines) is 1. The lowest BCUT2D eigenvalue weighted by molar-refractivity contribution is -0.121. The summed E-state index contributed by atoms with van der Waals surface area (Å²) in [6.45, 7) is 5.44. The molecular formula is C14H25NO2. The first-order valence-corrected chi connectivity index (χ1v) is 6.93. The maximum Gasteiger partial charge on any atom is 0.136 e. The Morgan fingerprint density at radius 3 is 2.94 bits per heavy atom. The molecule has 1 aliphatic heterocycles. The van der Waals surface area contributed by atoms with E-state index in [4.69, 9.17) is 4.74 Å². The molecule has 0 aromatic rings. The van der Waals surface area contributed by atoms with Crippen molar-refractivity contribution in [1.82, 2.24) is 4.90 Å². The predicted molar refractivity (Wildman–Crippen MR) is 68.1 cm³/mol. The van der Waals surface area contributed by atoms with Crippen LogP contribution in [0.2, 0.25) is 0 Å². The normalized spacial score (nSPS) is 35.4. The largest absolute Gasteiger partial charge is 0.377 e. The number of Topliss-reactive ketones (excluding diaryl/α,β-unsaturated/α-hetero) is 1. The monoisotopic (exact) mass is 239 g/mol. The van der Waals surface area contributed by atoms with Gasteiger partial charge in [-0.2, -0.15) is 0 Å². The molecule has 98 valence electrons. The highest BCUT2D eigenvalue weighted by Gasteiger charge is 2.31. The molecule has 0 amide bonds. The zero-order valence-corrected chi connectivity index (χ0v) is 11.2. The van der Waals surface area contributed by atoms with Crippen molar-refractivity contribution in [1.29, 1.82) is 0 Å². The van der Waals surface area contributed by atoms with Crippen LogP contribution >= 0.6 is 0 Å². The van der Waals surface area contributed by atoms with Gasteiger partial charge < -0.3 is 9.64 Å². The Labute approximate surface area is 105 Å². The van der Waals surface area contributed by atoms with Crippen molar-refractivity contribution in [2.24, 2.45) is 5.92 Å². The summed E-state index contributed by atoms with van der Waals surface area (Å²) in [6.07, 6.45) is 6.47. The molecule has 1 saturated heterocycles. The average Bonchev–Trinajstić information content (AvgIpc) is 2.73. The lowest BCUT2D eigenvalue weighted by Gasteiger charge is -2.39. The van der Waals surface area contributed by atoms with Gasteiger partial charge in [-0.25, -0.2) is 0 Å². The maximum absolute atomic E-state index is 11.6. The fourth-order valence-electron chi connectivity index (χ4n) is 3.20. The molecule has 0 aromatic carbocycles. The van der Waals surface area contributed by atoms with Gasteiger partial charge in [0.15, 0.2) is 0 Å². The highest BCUT2D eigenvalue weighted by molar-refractivity contribution is 5.82. The minimum absolute atomic E-state index is 0.0257. The Morgan fingerprint density at radius 2 is 2.29 bits per heavy atom. The molecule has 0 radical (unpaired) electrons. The number of ketones is 1. The number of methoxy groups -OCH3 is 1. The average molecular weight is 239 g/mol. The Balaban J connectivity index is 1.77. The highest BCUT2D eigenvalue weighted by atomic mass is 16.5. The maximum atomic E-state index is 11.6. The number of hydrogen-bond donors (Lipinski definition) is 0. The van der Waals surface area contributed by atoms with Crippen LogP contribution in [0.5, 0.6) is 0 Å². The van der Waals surface area contributed by atoms with Crippen LogP contribution in [0.3, 0.4) is 0 Å². The molecule has 1 heterocycles. The smallest absolute Gasteiger partial charge is 0.136 e. The summed E-state index contributed by atoms with van der Waals surface area (Å²) in [5, 5.41) is 0. The number of carbonyl (C=O) groups is 1. The Kier molecular flexibility index (Phi) is 4.21. The van der Waals surface area contributed by atoms with E-state index < -0.39 is 0 Å². The first-order valence-electron chi connectivity index (χ1n) is 6.93. The summed E-state index contributed by atoms with van der Waals surface area (Å²) in [5.74, 6) is 0.849. The van der Waals surface area contributed by atoms with Crippen LogP contribution in [-0.2, 0) is 9.53 Å². The van der Waals surface area contributed by atoms with Crippen molar-refractivity contribution in [3.63, 3.8) is 0 Å². The second-order valence-electron chi connectivity index (χ2n) is 5.88. The third-order valence-electron chi connectivity index (χ3n) is 4.46.